The predicted octanol–water partition coefficient (Wildman–Crippen LogP) is -2.85. The van der Waals surface area contributed by atoms with E-state index in [1.807, 2.05) is 24.3 Å². The summed E-state index contributed by atoms with van der Waals surface area (Å²) >= 11 is 1.39. The fraction of sp³-hybridized carbons (Fsp3) is 0.438. The van der Waals surface area contributed by atoms with E-state index in [1.165, 1.54) is 24.3 Å². The number of nitrogens with two attached hydrogens (primary N) is 2. The van der Waals surface area contributed by atoms with Crippen molar-refractivity contribution >= 4 is 64.1 Å². The first kappa shape index (κ1) is 41.0. The molecule has 6 amide bonds. The van der Waals surface area contributed by atoms with Crippen molar-refractivity contribution in [1.29, 1.82) is 0 Å². The first-order valence-electron chi connectivity index (χ1n) is 16.2. The number of benzene rings is 1. The van der Waals surface area contributed by atoms with E-state index >= 15 is 0 Å². The lowest BCUT2D eigenvalue weighted by Gasteiger charge is -2.24. The number of hydrogen-bond donors (Lipinski definition) is 11. The summed E-state index contributed by atoms with van der Waals surface area (Å²) in [5, 5.41) is 31.5. The van der Waals surface area contributed by atoms with Crippen molar-refractivity contribution < 1.29 is 43.8 Å². The molecule has 13 N–H and O–H groups in total. The zero-order chi connectivity index (χ0) is 38.2. The Morgan fingerprint density at radius 1 is 0.865 bits per heavy atom. The number of amides is 6. The van der Waals surface area contributed by atoms with E-state index in [0.29, 0.717) is 11.4 Å². The molecule has 19 nitrogen and oxygen atoms in total. The van der Waals surface area contributed by atoms with Crippen LogP contribution in [0.15, 0.2) is 43.0 Å². The number of aromatic amines is 2. The third kappa shape index (κ3) is 12.7. The first-order valence-corrected chi connectivity index (χ1v) is 17.6. The minimum absolute atomic E-state index is 0.125. The van der Waals surface area contributed by atoms with Gasteiger partial charge >= 0.3 is 5.97 Å². The van der Waals surface area contributed by atoms with Crippen molar-refractivity contribution in [3.05, 3.63) is 54.2 Å². The van der Waals surface area contributed by atoms with Crippen LogP contribution in [0.2, 0.25) is 0 Å². The molecule has 282 valence electrons. The number of primary amides is 1. The van der Waals surface area contributed by atoms with Gasteiger partial charge in [0.2, 0.25) is 35.4 Å². The number of nitrogens with zero attached hydrogens (tertiary/aromatic N) is 1. The summed E-state index contributed by atoms with van der Waals surface area (Å²) in [7, 11) is 0. The number of carboxylic acids is 1. The van der Waals surface area contributed by atoms with Crippen LogP contribution in [0.25, 0.3) is 10.9 Å². The number of aliphatic hydroxyl groups is 1. The number of rotatable bonds is 22. The van der Waals surface area contributed by atoms with Crippen LogP contribution in [0.5, 0.6) is 0 Å². The summed E-state index contributed by atoms with van der Waals surface area (Å²) in [5.74, 6) is -5.73. The van der Waals surface area contributed by atoms with E-state index in [0.717, 1.165) is 16.5 Å². The molecular formula is C32H44N10O9S. The maximum absolute atomic E-state index is 13.5. The number of fused-ring (bicyclic) bond motifs is 1. The van der Waals surface area contributed by atoms with E-state index in [-0.39, 0.29) is 32.1 Å². The Labute approximate surface area is 302 Å². The van der Waals surface area contributed by atoms with Crippen LogP contribution in [0.1, 0.15) is 30.5 Å². The highest BCUT2D eigenvalue weighted by atomic mass is 32.2. The van der Waals surface area contributed by atoms with E-state index in [2.05, 4.69) is 41.5 Å². The lowest BCUT2D eigenvalue weighted by molar-refractivity contribution is -0.143. The number of carbonyl (C=O) groups excluding carboxylic acids is 6. The van der Waals surface area contributed by atoms with E-state index in [4.69, 9.17) is 11.5 Å². The second-order valence-corrected chi connectivity index (χ2v) is 12.8. The number of thioether (sulfide) groups is 1. The molecule has 0 saturated heterocycles. The number of imidazole rings is 1. The highest BCUT2D eigenvalue weighted by Crippen LogP contribution is 2.19. The molecule has 0 bridgehead atoms. The van der Waals surface area contributed by atoms with Gasteiger partial charge in [0.15, 0.2) is 0 Å². The SMILES string of the molecule is CSCC[C@@H](NC(=O)[C@H](CCC(N)=O)NC(=O)[C@H](N)Cc1c[nH]c2ccccc12)C(=O)NCC(=O)N[C@@H](Cc1cnc[nH]1)C(=O)N[C@H](CO)C(=O)O. The van der Waals surface area contributed by atoms with Crippen LogP contribution in [0.4, 0.5) is 0 Å². The lowest BCUT2D eigenvalue weighted by atomic mass is 10.0. The van der Waals surface area contributed by atoms with Gasteiger partial charge in [-0.1, -0.05) is 18.2 Å². The van der Waals surface area contributed by atoms with Crippen molar-refractivity contribution in [3.63, 3.8) is 0 Å². The van der Waals surface area contributed by atoms with Gasteiger partial charge < -0.3 is 58.2 Å². The second-order valence-electron chi connectivity index (χ2n) is 11.8. The third-order valence-corrected chi connectivity index (χ3v) is 8.50. The number of aromatic nitrogens is 3. The van der Waals surface area contributed by atoms with E-state index in [9.17, 15) is 43.8 Å². The molecule has 2 aromatic heterocycles. The molecule has 0 radical (unpaired) electrons. The molecule has 0 aliphatic carbocycles. The van der Waals surface area contributed by atoms with Crippen LogP contribution >= 0.6 is 11.8 Å². The van der Waals surface area contributed by atoms with Crippen LogP contribution in [-0.2, 0) is 46.4 Å². The van der Waals surface area contributed by atoms with Crippen molar-refractivity contribution in [2.24, 2.45) is 11.5 Å². The minimum Gasteiger partial charge on any atom is -0.480 e. The summed E-state index contributed by atoms with van der Waals surface area (Å²) in [6.07, 6.45) is 5.97. The molecule has 0 fully saturated rings. The van der Waals surface area contributed by atoms with Gasteiger partial charge in [-0.05, 0) is 42.9 Å². The minimum atomic E-state index is -1.62. The van der Waals surface area contributed by atoms with Crippen LogP contribution in [-0.4, -0.2) is 122 Å². The Morgan fingerprint density at radius 3 is 2.19 bits per heavy atom. The normalized spacial score (nSPS) is 13.9. The zero-order valence-electron chi connectivity index (χ0n) is 28.3. The maximum Gasteiger partial charge on any atom is 0.328 e. The maximum atomic E-state index is 13.5. The Morgan fingerprint density at radius 2 is 1.54 bits per heavy atom. The van der Waals surface area contributed by atoms with Gasteiger partial charge in [0, 0.05) is 41.8 Å². The van der Waals surface area contributed by atoms with Gasteiger partial charge in [-0.15, -0.1) is 0 Å². The fourth-order valence-electron chi connectivity index (χ4n) is 5.06. The molecule has 5 atom stereocenters. The zero-order valence-corrected chi connectivity index (χ0v) is 29.2. The number of H-pyrrole nitrogens is 2. The molecule has 20 heteroatoms. The fourth-order valence-corrected chi connectivity index (χ4v) is 5.53. The van der Waals surface area contributed by atoms with Gasteiger partial charge in [0.05, 0.1) is 25.5 Å². The molecule has 3 aromatic rings. The molecule has 2 heterocycles. The summed E-state index contributed by atoms with van der Waals surface area (Å²) < 4.78 is 0. The highest BCUT2D eigenvalue weighted by molar-refractivity contribution is 7.98. The van der Waals surface area contributed by atoms with Gasteiger partial charge in [-0.3, -0.25) is 28.8 Å². The molecule has 0 aliphatic heterocycles. The van der Waals surface area contributed by atoms with Crippen molar-refractivity contribution in [1.82, 2.24) is 41.5 Å². The monoisotopic (exact) mass is 744 g/mol. The number of aliphatic carboxylic acids is 1. The molecule has 0 spiro atoms. The highest BCUT2D eigenvalue weighted by Gasteiger charge is 2.30. The number of hydrogen-bond acceptors (Lipinski definition) is 11. The molecule has 52 heavy (non-hydrogen) atoms. The van der Waals surface area contributed by atoms with Crippen LogP contribution in [0, 0.1) is 0 Å². The average Bonchev–Trinajstić information content (AvgIpc) is 3.79. The number of carbonyl (C=O) groups is 7. The average molecular weight is 745 g/mol. The Bertz CT molecular complexity index is 1700. The van der Waals surface area contributed by atoms with Crippen LogP contribution < -0.4 is 38.1 Å². The third-order valence-electron chi connectivity index (χ3n) is 7.86. The Kier molecular flexibility index (Phi) is 16.1. The second kappa shape index (κ2) is 20.4. The molecular weight excluding hydrogens is 700 g/mol. The van der Waals surface area contributed by atoms with Gasteiger partial charge in [0.1, 0.15) is 24.2 Å². The lowest BCUT2D eigenvalue weighted by Crippen LogP contribution is -2.57. The van der Waals surface area contributed by atoms with Gasteiger partial charge in [-0.2, -0.15) is 11.8 Å². The van der Waals surface area contributed by atoms with Crippen molar-refractivity contribution in [2.45, 2.75) is 62.3 Å². The molecule has 0 aliphatic rings. The first-order chi connectivity index (χ1) is 24.8. The van der Waals surface area contributed by atoms with Crippen molar-refractivity contribution in [3.8, 4) is 0 Å². The number of nitrogens with one attached hydrogen (secondary N) is 7. The number of carboxylic acid groups (broad SMARTS) is 1. The van der Waals surface area contributed by atoms with E-state index in [1.54, 1.807) is 12.5 Å². The summed E-state index contributed by atoms with van der Waals surface area (Å²) in [5.41, 5.74) is 13.6. The van der Waals surface area contributed by atoms with Gasteiger partial charge in [0.25, 0.3) is 0 Å². The predicted molar refractivity (Wildman–Crippen MR) is 189 cm³/mol. The summed E-state index contributed by atoms with van der Waals surface area (Å²) in [4.78, 5) is 98.1. The molecule has 3 rings (SSSR count). The Balaban J connectivity index is 1.65. The Hall–Kier alpha value is -5.47. The molecule has 1 aromatic carbocycles. The van der Waals surface area contributed by atoms with Gasteiger partial charge in [-0.25, -0.2) is 9.78 Å². The van der Waals surface area contributed by atoms with Crippen LogP contribution in [0.3, 0.4) is 0 Å². The summed E-state index contributed by atoms with van der Waals surface area (Å²) in [6.45, 7) is -1.53. The topological polar surface area (TPSA) is 317 Å². The van der Waals surface area contributed by atoms with Crippen molar-refractivity contribution in [2.75, 3.05) is 25.2 Å². The van der Waals surface area contributed by atoms with E-state index < -0.39 is 84.8 Å². The standard InChI is InChI=1S/C32H44N10O9S/c1-52-9-8-23(29(47)37-14-27(45)39-24(11-18-13-35-16-38-18)31(49)42-25(15-43)32(50)51)41-30(48)22(6-7-26(34)44)40-28(46)20(33)10-17-12-36-21-5-3-2-4-19(17)21/h2-5,12-13,16,20,22-25,36,43H,6-11,14-15,33H2,1H3,(H2,34,44)(H,35,38)(H,37,47)(H,39,45)(H,40,46)(H,41,48)(H,42,49)(H,50,51)/t20-,22+,23-,24+,25-/m1/s1. The smallest absolute Gasteiger partial charge is 0.328 e. The molecule has 0 saturated carbocycles. The molecule has 0 unspecified atom stereocenters. The number of para-hydroxylation sites is 1. The summed E-state index contributed by atoms with van der Waals surface area (Å²) in [6, 6.07) is 1.01. The quantitative estimate of drug-likeness (QED) is 0.0496. The largest absolute Gasteiger partial charge is 0.480 e. The number of aliphatic hydroxyl groups excluding tert-OH is 1.